The number of methoxy groups -OCH3 is 1. The van der Waals surface area contributed by atoms with Gasteiger partial charge in [-0.05, 0) is 72.2 Å². The first-order valence-electron chi connectivity index (χ1n) is 16.2. The minimum absolute atomic E-state index is 0.0503. The van der Waals surface area contributed by atoms with E-state index < -0.39 is 71.4 Å². The van der Waals surface area contributed by atoms with Gasteiger partial charge in [-0.3, -0.25) is 0 Å². The largest absolute Gasteiger partial charge is 0.396 e. The molecule has 43 heavy (non-hydrogen) atoms. The van der Waals surface area contributed by atoms with Gasteiger partial charge in [-0.15, -0.1) is 0 Å². The molecule has 16 atom stereocenters. The fourth-order valence-corrected chi connectivity index (χ4v) is 10.1. The number of hydrogen-bond donors (Lipinski definition) is 7. The number of hydrogen-bond acceptors (Lipinski definition) is 10. The second-order valence-corrected chi connectivity index (χ2v) is 14.7. The zero-order valence-corrected chi connectivity index (χ0v) is 26.2. The maximum absolute atomic E-state index is 12.6. The highest BCUT2D eigenvalue weighted by Crippen LogP contribution is 2.69. The van der Waals surface area contributed by atoms with Crippen molar-refractivity contribution < 1.29 is 50.0 Å². The molecule has 3 saturated carbocycles. The highest BCUT2D eigenvalue weighted by Gasteiger charge is 2.72. The van der Waals surface area contributed by atoms with E-state index in [0.29, 0.717) is 25.7 Å². The fourth-order valence-electron chi connectivity index (χ4n) is 10.1. The van der Waals surface area contributed by atoms with E-state index in [0.717, 1.165) is 12.0 Å². The summed E-state index contributed by atoms with van der Waals surface area (Å²) in [5.41, 5.74) is -1.63. The van der Waals surface area contributed by atoms with Crippen molar-refractivity contribution in [3.63, 3.8) is 0 Å². The van der Waals surface area contributed by atoms with Gasteiger partial charge in [0.1, 0.15) is 18.3 Å². The van der Waals surface area contributed by atoms with Gasteiger partial charge in [-0.1, -0.05) is 45.9 Å². The molecular weight excluding hydrogens is 556 g/mol. The van der Waals surface area contributed by atoms with Crippen molar-refractivity contribution in [3.05, 3.63) is 23.8 Å². The summed E-state index contributed by atoms with van der Waals surface area (Å²) in [7, 11) is 1.43. The van der Waals surface area contributed by atoms with Gasteiger partial charge in [-0.2, -0.15) is 0 Å². The van der Waals surface area contributed by atoms with Crippen molar-refractivity contribution in [2.24, 2.45) is 40.4 Å². The second-order valence-electron chi connectivity index (χ2n) is 14.7. The Hall–Kier alpha value is -0.920. The lowest BCUT2D eigenvalue weighted by molar-refractivity contribution is -0.285. The van der Waals surface area contributed by atoms with E-state index in [1.165, 1.54) is 7.11 Å². The standard InChI is InChI=1S/C33H54O10/c1-17(10-13-34)6-7-18(2)24-26(38)27(39)29-32(24,4)12-9-23-31(3)11-8-19(14-20(31)21(35)15-33(23,29)40)43-30-28(41-5)25(37)22(36)16-42-30/h6-7,14,17-19,21-30,34-40H,8-13,15-16H2,1-5H3/b7-6+/t17?,18?,19-,21+,22?,23?,24-,25?,26+,27?,28?,29?,30?,31-,32+,33-/m0/s1. The number of rotatable bonds is 8. The molecule has 4 fully saturated rings. The molecule has 1 saturated heterocycles. The minimum Gasteiger partial charge on any atom is -0.396 e. The summed E-state index contributed by atoms with van der Waals surface area (Å²) < 4.78 is 17.2. The van der Waals surface area contributed by atoms with Crippen LogP contribution in [0.5, 0.6) is 0 Å². The molecule has 7 N–H and O–H groups in total. The third-order valence-electron chi connectivity index (χ3n) is 12.2. The predicted octanol–water partition coefficient (Wildman–Crippen LogP) is 1.28. The lowest BCUT2D eigenvalue weighted by atomic mass is 9.43. The summed E-state index contributed by atoms with van der Waals surface area (Å²) in [6.45, 7) is 8.31. The van der Waals surface area contributed by atoms with E-state index in [2.05, 4.69) is 32.9 Å². The Morgan fingerprint density at radius 2 is 1.74 bits per heavy atom. The second kappa shape index (κ2) is 12.4. The molecule has 5 aliphatic rings. The number of allylic oxidation sites excluding steroid dienone is 2. The SMILES string of the molecule is COC1C(O[C@@H]2C=C3[C@H](O)C[C@]4(O)C(CC[C@@]5(C)C4C(O)[C@H](O)[C@@H]5C(C)/C=C/C(C)CCO)[C@@]3(C)CC2)OCC(O)C1O. The Balaban J connectivity index is 1.39. The number of aliphatic hydroxyl groups is 7. The third-order valence-corrected chi connectivity index (χ3v) is 12.2. The van der Waals surface area contributed by atoms with Crippen molar-refractivity contribution in [1.82, 2.24) is 0 Å². The van der Waals surface area contributed by atoms with Crippen molar-refractivity contribution >= 4 is 0 Å². The normalized spacial score (nSPS) is 51.3. The average Bonchev–Trinajstić information content (AvgIpc) is 3.15. The minimum atomic E-state index is -1.37. The van der Waals surface area contributed by atoms with Crippen LogP contribution in [0.15, 0.2) is 23.8 Å². The van der Waals surface area contributed by atoms with Crippen LogP contribution in [0.25, 0.3) is 0 Å². The molecule has 1 aliphatic heterocycles. The Kier molecular flexibility index (Phi) is 9.61. The van der Waals surface area contributed by atoms with Crippen LogP contribution < -0.4 is 0 Å². The van der Waals surface area contributed by atoms with Crippen LogP contribution in [0.1, 0.15) is 66.2 Å². The Bertz CT molecular complexity index is 1050. The fraction of sp³-hybridized carbons (Fsp3) is 0.879. The van der Waals surface area contributed by atoms with Gasteiger partial charge in [0.05, 0.1) is 36.6 Å². The molecule has 0 aromatic carbocycles. The van der Waals surface area contributed by atoms with E-state index in [4.69, 9.17) is 14.2 Å². The molecule has 0 bridgehead atoms. The summed E-state index contributed by atoms with van der Waals surface area (Å²) >= 11 is 0. The molecule has 10 nitrogen and oxygen atoms in total. The van der Waals surface area contributed by atoms with Crippen molar-refractivity contribution in [2.45, 2.75) is 121 Å². The maximum atomic E-state index is 12.6. The molecular formula is C33H54O10. The third kappa shape index (κ3) is 5.47. The molecule has 5 rings (SSSR count). The first-order chi connectivity index (χ1) is 20.2. The Morgan fingerprint density at radius 3 is 2.42 bits per heavy atom. The molecule has 1 heterocycles. The van der Waals surface area contributed by atoms with E-state index in [9.17, 15) is 35.7 Å². The van der Waals surface area contributed by atoms with Crippen LogP contribution in [0.2, 0.25) is 0 Å². The highest BCUT2D eigenvalue weighted by molar-refractivity contribution is 5.33. The lowest BCUT2D eigenvalue weighted by Crippen LogP contribution is -2.66. The molecule has 4 aliphatic carbocycles. The topological polar surface area (TPSA) is 169 Å². The first-order valence-corrected chi connectivity index (χ1v) is 16.2. The van der Waals surface area contributed by atoms with Crippen molar-refractivity contribution in [2.75, 3.05) is 20.3 Å². The molecule has 246 valence electrons. The summed E-state index contributed by atoms with van der Waals surface area (Å²) in [6, 6.07) is 0. The lowest BCUT2D eigenvalue weighted by Gasteiger charge is -2.63. The zero-order chi connectivity index (χ0) is 31.5. The van der Waals surface area contributed by atoms with Crippen LogP contribution >= 0.6 is 0 Å². The van der Waals surface area contributed by atoms with Gasteiger partial charge >= 0.3 is 0 Å². The number of aliphatic hydroxyl groups excluding tert-OH is 6. The van der Waals surface area contributed by atoms with E-state index in [1.54, 1.807) is 0 Å². The van der Waals surface area contributed by atoms with E-state index in [1.807, 2.05) is 13.0 Å². The van der Waals surface area contributed by atoms with Gasteiger partial charge in [0, 0.05) is 26.1 Å². The van der Waals surface area contributed by atoms with Crippen LogP contribution in [0.4, 0.5) is 0 Å². The predicted molar refractivity (Wildman–Crippen MR) is 157 cm³/mol. The van der Waals surface area contributed by atoms with Gasteiger partial charge in [-0.25, -0.2) is 0 Å². The number of fused-ring (bicyclic) bond motifs is 5. The summed E-state index contributed by atoms with van der Waals surface area (Å²) in [4.78, 5) is 0. The molecule has 0 amide bonds. The molecule has 0 aromatic rings. The number of ether oxygens (including phenoxy) is 3. The van der Waals surface area contributed by atoms with Crippen LogP contribution in [-0.2, 0) is 14.2 Å². The zero-order valence-electron chi connectivity index (χ0n) is 26.2. The molecule has 0 aromatic heterocycles. The molecule has 0 spiro atoms. The van der Waals surface area contributed by atoms with Gasteiger partial charge in [0.2, 0.25) is 0 Å². The summed E-state index contributed by atoms with van der Waals surface area (Å²) in [5.74, 6) is -0.944. The monoisotopic (exact) mass is 610 g/mol. The smallest absolute Gasteiger partial charge is 0.187 e. The van der Waals surface area contributed by atoms with E-state index >= 15 is 0 Å². The Morgan fingerprint density at radius 1 is 1.02 bits per heavy atom. The highest BCUT2D eigenvalue weighted by atomic mass is 16.7. The van der Waals surface area contributed by atoms with Gasteiger partial charge in [0.15, 0.2) is 6.29 Å². The molecule has 0 radical (unpaired) electrons. The summed E-state index contributed by atoms with van der Waals surface area (Å²) in [6.07, 6.45) is 2.02. The van der Waals surface area contributed by atoms with Gasteiger partial charge in [0.25, 0.3) is 0 Å². The quantitative estimate of drug-likeness (QED) is 0.199. The molecule has 9 unspecified atom stereocenters. The Labute approximate surface area is 255 Å². The summed E-state index contributed by atoms with van der Waals surface area (Å²) in [5, 5.41) is 76.8. The van der Waals surface area contributed by atoms with Crippen LogP contribution in [-0.4, -0.2) is 111 Å². The van der Waals surface area contributed by atoms with Crippen LogP contribution in [0, 0.1) is 40.4 Å². The van der Waals surface area contributed by atoms with Crippen LogP contribution in [0.3, 0.4) is 0 Å². The first kappa shape index (κ1) is 33.4. The van der Waals surface area contributed by atoms with Crippen molar-refractivity contribution in [3.8, 4) is 0 Å². The van der Waals surface area contributed by atoms with Gasteiger partial charge < -0.3 is 50.0 Å². The van der Waals surface area contributed by atoms with E-state index in [-0.39, 0.29) is 43.3 Å². The van der Waals surface area contributed by atoms with Crippen molar-refractivity contribution in [1.29, 1.82) is 0 Å². The maximum Gasteiger partial charge on any atom is 0.187 e. The average molecular weight is 611 g/mol. The molecule has 10 heteroatoms.